The second kappa shape index (κ2) is 8.24. The Labute approximate surface area is 161 Å². The topological polar surface area (TPSA) is 100.0 Å². The first kappa shape index (κ1) is 19.6. The first-order valence-corrected chi connectivity index (χ1v) is 9.66. The maximum Gasteiger partial charge on any atom is 0.356 e. The summed E-state index contributed by atoms with van der Waals surface area (Å²) in [5.74, 6) is -1.55. The van der Waals surface area contributed by atoms with Crippen LogP contribution in [0.1, 0.15) is 12.6 Å². The number of nitrogens with zero attached hydrogens (tertiary/aromatic N) is 2. The molecule has 3 rings (SSSR count). The number of carbonyl (C=O) groups is 2. The summed E-state index contributed by atoms with van der Waals surface area (Å²) >= 11 is 1.36. The van der Waals surface area contributed by atoms with Gasteiger partial charge in [0.2, 0.25) is 5.91 Å². The number of ether oxygens (including phenoxy) is 1. The average molecular weight is 390 g/mol. The number of amides is 1. The van der Waals surface area contributed by atoms with Gasteiger partial charge in [-0.2, -0.15) is 0 Å². The third-order valence-corrected chi connectivity index (χ3v) is 6.00. The quantitative estimate of drug-likeness (QED) is 0.389. The highest BCUT2D eigenvalue weighted by Gasteiger charge is 2.61. The van der Waals surface area contributed by atoms with Crippen LogP contribution in [0.2, 0.25) is 0 Å². The molecule has 1 aromatic heterocycles. The fourth-order valence-corrected chi connectivity index (χ4v) is 4.79. The van der Waals surface area contributed by atoms with E-state index < -0.39 is 30.0 Å². The maximum atomic E-state index is 12.6. The van der Waals surface area contributed by atoms with Crippen LogP contribution in [0.5, 0.6) is 0 Å². The van der Waals surface area contributed by atoms with Crippen molar-refractivity contribution >= 4 is 23.6 Å². The van der Waals surface area contributed by atoms with Gasteiger partial charge >= 0.3 is 5.97 Å². The maximum absolute atomic E-state index is 12.6. The van der Waals surface area contributed by atoms with Gasteiger partial charge in [0.15, 0.2) is 0 Å². The Kier molecular flexibility index (Phi) is 5.98. The Bertz CT molecular complexity index is 765. The summed E-state index contributed by atoms with van der Waals surface area (Å²) in [5.41, 5.74) is 0.974. The van der Waals surface area contributed by atoms with Crippen molar-refractivity contribution in [2.45, 2.75) is 24.8 Å². The lowest BCUT2D eigenvalue weighted by molar-refractivity contribution is -0.164. The SMILES string of the molecule is C=CCOC(=O)C1=C(SCc2ccccn2)[C@H](CO)[C@@H]2[C@@H]([C@@H](C)O)C(=O)N12. The molecular weight excluding hydrogens is 368 g/mol. The molecule has 8 heteroatoms. The molecule has 1 aromatic rings. The number of rotatable bonds is 8. The summed E-state index contributed by atoms with van der Waals surface area (Å²) in [6.07, 6.45) is 2.27. The molecule has 0 spiro atoms. The van der Waals surface area contributed by atoms with Crippen LogP contribution < -0.4 is 0 Å². The standard InChI is InChI=1S/C19H22N2O5S/c1-3-8-26-19(25)16-17(27-10-12-6-4-5-7-20-12)13(9-22)15-14(11(2)23)18(24)21(15)16/h3-7,11,13-15,22-23H,1,8-10H2,2H3/t11-,13-,14-,15-/m1/s1. The number of aliphatic hydroxyl groups is 2. The number of thioether (sulfide) groups is 1. The van der Waals surface area contributed by atoms with E-state index in [4.69, 9.17) is 4.74 Å². The minimum atomic E-state index is -0.863. The van der Waals surface area contributed by atoms with Crippen molar-refractivity contribution in [3.8, 4) is 0 Å². The van der Waals surface area contributed by atoms with Crippen LogP contribution in [-0.4, -0.2) is 57.3 Å². The summed E-state index contributed by atoms with van der Waals surface area (Å²) in [4.78, 5) is 31.4. The Hall–Kier alpha value is -2.16. The normalized spacial score (nSPS) is 25.1. The lowest BCUT2D eigenvalue weighted by Gasteiger charge is -2.46. The molecule has 0 unspecified atom stereocenters. The van der Waals surface area contributed by atoms with Crippen molar-refractivity contribution in [1.29, 1.82) is 0 Å². The van der Waals surface area contributed by atoms with Gasteiger partial charge in [0.05, 0.1) is 30.4 Å². The summed E-state index contributed by atoms with van der Waals surface area (Å²) in [5, 5.41) is 19.9. The molecule has 2 aliphatic heterocycles. The second-order valence-electron chi connectivity index (χ2n) is 6.46. The molecule has 1 fully saturated rings. The van der Waals surface area contributed by atoms with Gasteiger partial charge in [-0.3, -0.25) is 9.78 Å². The minimum Gasteiger partial charge on any atom is -0.457 e. The molecule has 0 bridgehead atoms. The van der Waals surface area contributed by atoms with Crippen LogP contribution in [0, 0.1) is 11.8 Å². The highest BCUT2D eigenvalue weighted by molar-refractivity contribution is 8.02. The molecule has 0 radical (unpaired) electrons. The van der Waals surface area contributed by atoms with Crippen molar-refractivity contribution < 1.29 is 24.5 Å². The van der Waals surface area contributed by atoms with Gasteiger partial charge in [-0.25, -0.2) is 4.79 Å². The molecule has 1 saturated heterocycles. The van der Waals surface area contributed by atoms with Crippen molar-refractivity contribution in [1.82, 2.24) is 9.88 Å². The molecule has 0 aromatic carbocycles. The van der Waals surface area contributed by atoms with E-state index in [0.717, 1.165) is 5.69 Å². The van der Waals surface area contributed by atoms with Gasteiger partial charge < -0.3 is 19.8 Å². The number of pyridine rings is 1. The molecule has 27 heavy (non-hydrogen) atoms. The molecule has 7 nitrogen and oxygen atoms in total. The second-order valence-corrected chi connectivity index (χ2v) is 7.48. The smallest absolute Gasteiger partial charge is 0.356 e. The van der Waals surface area contributed by atoms with Crippen LogP contribution in [0.4, 0.5) is 0 Å². The average Bonchev–Trinajstić information content (AvgIpc) is 2.94. The van der Waals surface area contributed by atoms with Gasteiger partial charge in [-0.05, 0) is 19.1 Å². The van der Waals surface area contributed by atoms with Gasteiger partial charge in [0.25, 0.3) is 0 Å². The molecule has 3 heterocycles. The summed E-state index contributed by atoms with van der Waals surface area (Å²) in [6.45, 7) is 4.86. The van der Waals surface area contributed by atoms with E-state index in [-0.39, 0.29) is 24.8 Å². The van der Waals surface area contributed by atoms with E-state index in [9.17, 15) is 19.8 Å². The van der Waals surface area contributed by atoms with E-state index in [1.807, 2.05) is 18.2 Å². The zero-order valence-corrected chi connectivity index (χ0v) is 15.8. The largest absolute Gasteiger partial charge is 0.457 e. The summed E-state index contributed by atoms with van der Waals surface area (Å²) < 4.78 is 5.17. The molecule has 1 amide bonds. The Morgan fingerprint density at radius 3 is 2.89 bits per heavy atom. The highest BCUT2D eigenvalue weighted by Crippen LogP contribution is 2.51. The van der Waals surface area contributed by atoms with Crippen LogP contribution >= 0.6 is 11.8 Å². The van der Waals surface area contributed by atoms with E-state index in [0.29, 0.717) is 10.7 Å². The fraction of sp³-hybridized carbons (Fsp3) is 0.421. The summed E-state index contributed by atoms with van der Waals surface area (Å²) in [6, 6.07) is 5.11. The first-order valence-electron chi connectivity index (χ1n) is 8.68. The van der Waals surface area contributed by atoms with E-state index in [1.54, 1.807) is 13.1 Å². The zero-order chi connectivity index (χ0) is 19.6. The highest BCUT2D eigenvalue weighted by atomic mass is 32.2. The molecule has 144 valence electrons. The number of carbonyl (C=O) groups excluding carboxylic acids is 2. The van der Waals surface area contributed by atoms with E-state index >= 15 is 0 Å². The number of hydrogen-bond acceptors (Lipinski definition) is 7. The number of aliphatic hydroxyl groups excluding tert-OH is 2. The monoisotopic (exact) mass is 390 g/mol. The molecule has 2 N–H and O–H groups in total. The Morgan fingerprint density at radius 1 is 1.52 bits per heavy atom. The van der Waals surface area contributed by atoms with Crippen LogP contribution in [0.3, 0.4) is 0 Å². The van der Waals surface area contributed by atoms with E-state index in [1.165, 1.54) is 22.7 Å². The van der Waals surface area contributed by atoms with Crippen LogP contribution in [0.15, 0.2) is 47.7 Å². The Balaban J connectivity index is 1.92. The van der Waals surface area contributed by atoms with Gasteiger partial charge in [-0.1, -0.05) is 18.7 Å². The number of hydrogen-bond donors (Lipinski definition) is 2. The van der Waals surface area contributed by atoms with Crippen LogP contribution in [0.25, 0.3) is 0 Å². The van der Waals surface area contributed by atoms with Crippen molar-refractivity contribution in [3.63, 3.8) is 0 Å². The molecule has 0 aliphatic carbocycles. The fourth-order valence-electron chi connectivity index (χ4n) is 3.57. The molecule has 0 saturated carbocycles. The summed E-state index contributed by atoms with van der Waals surface area (Å²) in [7, 11) is 0. The molecular formula is C19H22N2O5S. The lowest BCUT2D eigenvalue weighted by atomic mass is 9.79. The van der Waals surface area contributed by atoms with Crippen molar-refractivity contribution in [2.75, 3.05) is 13.2 Å². The van der Waals surface area contributed by atoms with Crippen molar-refractivity contribution in [3.05, 3.63) is 53.3 Å². The number of fused-ring (bicyclic) bond motifs is 1. The van der Waals surface area contributed by atoms with Crippen LogP contribution in [-0.2, 0) is 20.1 Å². The first-order chi connectivity index (χ1) is 13.0. The third kappa shape index (κ3) is 3.52. The number of β-lactam (4-membered cyclic amide) rings is 1. The van der Waals surface area contributed by atoms with Gasteiger partial charge in [-0.15, -0.1) is 11.8 Å². The third-order valence-electron chi connectivity index (χ3n) is 4.76. The predicted molar refractivity (Wildman–Crippen MR) is 100 cm³/mol. The van der Waals surface area contributed by atoms with Gasteiger partial charge in [0, 0.05) is 22.8 Å². The zero-order valence-electron chi connectivity index (χ0n) is 14.9. The van der Waals surface area contributed by atoms with Gasteiger partial charge in [0.1, 0.15) is 12.3 Å². The molecule has 4 atom stereocenters. The minimum absolute atomic E-state index is 0.0246. The van der Waals surface area contributed by atoms with E-state index in [2.05, 4.69) is 11.6 Å². The number of esters is 1. The Morgan fingerprint density at radius 2 is 2.30 bits per heavy atom. The molecule has 2 aliphatic rings. The number of aromatic nitrogens is 1. The van der Waals surface area contributed by atoms with Crippen molar-refractivity contribution in [2.24, 2.45) is 11.8 Å². The lowest BCUT2D eigenvalue weighted by Crippen LogP contribution is -2.64. The predicted octanol–water partition coefficient (Wildman–Crippen LogP) is 1.09.